The number of nitrogens with zero attached hydrogens (tertiary/aromatic N) is 2. The average Bonchev–Trinajstić information content (AvgIpc) is 3.16. The van der Waals surface area contributed by atoms with Gasteiger partial charge >= 0.3 is 0 Å². The van der Waals surface area contributed by atoms with E-state index in [1.54, 1.807) is 17.4 Å². The van der Waals surface area contributed by atoms with E-state index in [0.717, 1.165) is 34.0 Å². The maximum absolute atomic E-state index is 12.1. The van der Waals surface area contributed by atoms with Gasteiger partial charge in [-0.2, -0.15) is 4.98 Å². The third-order valence-corrected chi connectivity index (χ3v) is 5.47. The highest BCUT2D eigenvalue weighted by Gasteiger charge is 2.29. The Morgan fingerprint density at radius 1 is 1.28 bits per heavy atom. The second kappa shape index (κ2) is 6.98. The fraction of sp³-hybridized carbons (Fsp3) is 0.278. The molecule has 1 aliphatic rings. The summed E-state index contributed by atoms with van der Waals surface area (Å²) in [5.74, 6) is 1.77. The number of hydrogen-bond donors (Lipinski definition) is 1. The largest absolute Gasteiger partial charge is 0.351 e. The predicted molar refractivity (Wildman–Crippen MR) is 96.6 cm³/mol. The number of carbonyl (C=O) groups excluding carboxylic acids is 1. The van der Waals surface area contributed by atoms with Crippen LogP contribution in [0.25, 0.3) is 10.8 Å². The van der Waals surface area contributed by atoms with Gasteiger partial charge in [0.1, 0.15) is 0 Å². The molecule has 3 aromatic rings. The summed E-state index contributed by atoms with van der Waals surface area (Å²) in [6.45, 7) is 0.470. The summed E-state index contributed by atoms with van der Waals surface area (Å²) in [4.78, 5) is 18.5. The molecule has 1 aliphatic carbocycles. The molecule has 128 valence electrons. The SMILES string of the molecule is O=C(Cc1ccccc1Cl)NCc1ccc(-c2nc(C3CC3)no2)s1. The number of aromatic nitrogens is 2. The van der Waals surface area contributed by atoms with Gasteiger partial charge in [-0.15, -0.1) is 11.3 Å². The summed E-state index contributed by atoms with van der Waals surface area (Å²) in [6.07, 6.45) is 2.56. The lowest BCUT2D eigenvalue weighted by Gasteiger charge is -2.05. The Hall–Kier alpha value is -2.18. The zero-order valence-electron chi connectivity index (χ0n) is 13.4. The van der Waals surface area contributed by atoms with E-state index in [0.29, 0.717) is 23.4 Å². The third kappa shape index (κ3) is 3.91. The first-order chi connectivity index (χ1) is 12.2. The average molecular weight is 374 g/mol. The summed E-state index contributed by atoms with van der Waals surface area (Å²) in [5, 5.41) is 7.56. The second-order valence-electron chi connectivity index (χ2n) is 6.04. The van der Waals surface area contributed by atoms with Gasteiger partial charge in [-0.3, -0.25) is 4.79 Å². The number of thiophene rings is 1. The van der Waals surface area contributed by atoms with Crippen LogP contribution in [0.1, 0.15) is 35.0 Å². The quantitative estimate of drug-likeness (QED) is 0.703. The Balaban J connectivity index is 1.34. The normalized spacial score (nSPS) is 13.8. The van der Waals surface area contributed by atoms with Crippen LogP contribution in [0.15, 0.2) is 40.9 Å². The molecule has 2 aromatic heterocycles. The van der Waals surface area contributed by atoms with Crippen LogP contribution in [0.3, 0.4) is 0 Å². The first-order valence-corrected chi connectivity index (χ1v) is 9.31. The van der Waals surface area contributed by atoms with Crippen LogP contribution >= 0.6 is 22.9 Å². The summed E-state index contributed by atoms with van der Waals surface area (Å²) in [5.41, 5.74) is 0.826. The number of halogens is 1. The molecule has 0 atom stereocenters. The molecule has 0 saturated heterocycles. The molecule has 2 heterocycles. The van der Waals surface area contributed by atoms with Gasteiger partial charge in [-0.25, -0.2) is 0 Å². The lowest BCUT2D eigenvalue weighted by atomic mass is 10.1. The molecule has 1 amide bonds. The van der Waals surface area contributed by atoms with Crippen LogP contribution in [-0.4, -0.2) is 16.0 Å². The van der Waals surface area contributed by atoms with Crippen LogP contribution in [0.2, 0.25) is 5.02 Å². The number of hydrogen-bond acceptors (Lipinski definition) is 5. The second-order valence-corrected chi connectivity index (χ2v) is 7.62. The third-order valence-electron chi connectivity index (χ3n) is 4.03. The zero-order valence-corrected chi connectivity index (χ0v) is 14.9. The molecule has 0 aliphatic heterocycles. The van der Waals surface area contributed by atoms with E-state index in [-0.39, 0.29) is 12.3 Å². The van der Waals surface area contributed by atoms with E-state index in [2.05, 4.69) is 15.5 Å². The number of amides is 1. The topological polar surface area (TPSA) is 68.0 Å². The minimum absolute atomic E-state index is 0.0585. The molecule has 1 fully saturated rings. The van der Waals surface area contributed by atoms with Gasteiger partial charge in [0.05, 0.1) is 17.8 Å². The zero-order chi connectivity index (χ0) is 17.2. The van der Waals surface area contributed by atoms with E-state index < -0.39 is 0 Å². The van der Waals surface area contributed by atoms with Gasteiger partial charge in [0.2, 0.25) is 5.91 Å². The maximum atomic E-state index is 12.1. The molecule has 0 spiro atoms. The Bertz CT molecular complexity index is 901. The van der Waals surface area contributed by atoms with Crippen LogP contribution in [0, 0.1) is 0 Å². The summed E-state index contributed by atoms with van der Waals surface area (Å²) < 4.78 is 5.33. The Labute approximate surface area is 154 Å². The van der Waals surface area contributed by atoms with Crippen LogP contribution < -0.4 is 5.32 Å². The van der Waals surface area contributed by atoms with Crippen LogP contribution in [0.5, 0.6) is 0 Å². The lowest BCUT2D eigenvalue weighted by molar-refractivity contribution is -0.120. The van der Waals surface area contributed by atoms with Crippen molar-refractivity contribution in [1.29, 1.82) is 0 Å². The summed E-state index contributed by atoms with van der Waals surface area (Å²) in [6, 6.07) is 11.3. The van der Waals surface area contributed by atoms with Crippen molar-refractivity contribution < 1.29 is 9.32 Å². The van der Waals surface area contributed by atoms with Gasteiger partial charge in [0, 0.05) is 15.8 Å². The highest BCUT2D eigenvalue weighted by molar-refractivity contribution is 7.15. The molecule has 7 heteroatoms. The maximum Gasteiger partial charge on any atom is 0.268 e. The first kappa shape index (κ1) is 16.3. The van der Waals surface area contributed by atoms with Gasteiger partial charge in [-0.05, 0) is 36.6 Å². The van der Waals surface area contributed by atoms with E-state index in [1.807, 2.05) is 30.3 Å². The van der Waals surface area contributed by atoms with Crippen molar-refractivity contribution in [2.24, 2.45) is 0 Å². The van der Waals surface area contributed by atoms with E-state index >= 15 is 0 Å². The summed E-state index contributed by atoms with van der Waals surface area (Å²) >= 11 is 7.63. The van der Waals surface area contributed by atoms with Crippen LogP contribution in [0.4, 0.5) is 0 Å². The smallest absolute Gasteiger partial charge is 0.268 e. The van der Waals surface area contributed by atoms with Crippen molar-refractivity contribution in [2.75, 3.05) is 0 Å². The molecule has 0 radical (unpaired) electrons. The molecule has 25 heavy (non-hydrogen) atoms. The Morgan fingerprint density at radius 2 is 2.12 bits per heavy atom. The summed E-state index contributed by atoms with van der Waals surface area (Å²) in [7, 11) is 0. The Kier molecular flexibility index (Phi) is 4.55. The fourth-order valence-electron chi connectivity index (χ4n) is 2.49. The van der Waals surface area contributed by atoms with Crippen molar-refractivity contribution in [3.05, 3.63) is 57.7 Å². The highest BCUT2D eigenvalue weighted by Crippen LogP contribution is 2.39. The molecule has 0 unspecified atom stereocenters. The van der Waals surface area contributed by atoms with E-state index in [1.165, 1.54) is 0 Å². The lowest BCUT2D eigenvalue weighted by Crippen LogP contribution is -2.24. The van der Waals surface area contributed by atoms with Gasteiger partial charge in [0.25, 0.3) is 5.89 Å². The molecule has 1 aromatic carbocycles. The van der Waals surface area contributed by atoms with Crippen LogP contribution in [-0.2, 0) is 17.8 Å². The highest BCUT2D eigenvalue weighted by atomic mass is 35.5. The number of rotatable bonds is 6. The van der Waals surface area contributed by atoms with Gasteiger partial charge in [-0.1, -0.05) is 35.0 Å². The predicted octanol–water partition coefficient (Wildman–Crippen LogP) is 4.19. The van der Waals surface area contributed by atoms with E-state index in [9.17, 15) is 4.79 Å². The molecule has 4 rings (SSSR count). The molecular weight excluding hydrogens is 358 g/mol. The van der Waals surface area contributed by atoms with Crippen molar-refractivity contribution >= 4 is 28.8 Å². The standard InChI is InChI=1S/C18H16ClN3O2S/c19-14-4-2-1-3-12(14)9-16(23)20-10-13-7-8-15(25-13)18-21-17(22-24-18)11-5-6-11/h1-4,7-8,11H,5-6,9-10H2,(H,20,23). The van der Waals surface area contributed by atoms with Gasteiger partial charge < -0.3 is 9.84 Å². The van der Waals surface area contributed by atoms with Gasteiger partial charge in [0.15, 0.2) is 5.82 Å². The van der Waals surface area contributed by atoms with Crippen molar-refractivity contribution in [1.82, 2.24) is 15.5 Å². The monoisotopic (exact) mass is 373 g/mol. The molecule has 5 nitrogen and oxygen atoms in total. The molecule has 0 bridgehead atoms. The van der Waals surface area contributed by atoms with Crippen molar-refractivity contribution in [2.45, 2.75) is 31.7 Å². The molecule has 1 N–H and O–H groups in total. The molecular formula is C18H16ClN3O2S. The number of benzene rings is 1. The fourth-order valence-corrected chi connectivity index (χ4v) is 3.56. The van der Waals surface area contributed by atoms with Crippen molar-refractivity contribution in [3.8, 4) is 10.8 Å². The van der Waals surface area contributed by atoms with E-state index in [4.69, 9.17) is 16.1 Å². The number of nitrogens with one attached hydrogen (secondary N) is 1. The minimum atomic E-state index is -0.0585. The minimum Gasteiger partial charge on any atom is -0.351 e. The molecule has 1 saturated carbocycles. The van der Waals surface area contributed by atoms with Crippen molar-refractivity contribution in [3.63, 3.8) is 0 Å². The number of carbonyl (C=O) groups is 1. The first-order valence-electron chi connectivity index (χ1n) is 8.12. The Morgan fingerprint density at radius 3 is 2.92 bits per heavy atom.